The molecule has 0 atom stereocenters. The highest BCUT2D eigenvalue weighted by molar-refractivity contribution is 5.43. The van der Waals surface area contributed by atoms with E-state index in [1.165, 1.54) is 5.56 Å². The van der Waals surface area contributed by atoms with Crippen LogP contribution < -0.4 is 14.8 Å². The monoisotopic (exact) mass is 342 g/mol. The van der Waals surface area contributed by atoms with E-state index in [1.807, 2.05) is 19.1 Å². The maximum atomic E-state index is 5.67. The van der Waals surface area contributed by atoms with Gasteiger partial charge in [-0.1, -0.05) is 6.07 Å². The molecule has 0 spiro atoms. The molecule has 3 rings (SSSR count). The molecule has 6 heteroatoms. The number of anilines is 1. The van der Waals surface area contributed by atoms with E-state index in [2.05, 4.69) is 32.3 Å². The summed E-state index contributed by atoms with van der Waals surface area (Å²) in [7, 11) is 1.67. The Balaban J connectivity index is 1.52. The molecule has 0 saturated carbocycles. The van der Waals surface area contributed by atoms with Gasteiger partial charge in [-0.2, -0.15) is 0 Å². The zero-order valence-corrected chi connectivity index (χ0v) is 14.9. The number of likely N-dealkylation sites (tertiary alicyclic amines) is 1. The molecular formula is C19H26N4O2. The van der Waals surface area contributed by atoms with Crippen LogP contribution in [0.4, 0.5) is 5.95 Å². The standard InChI is InChI=1S/C19H26N4O2/c1-3-25-18-13-15(5-6-17(18)24-2)14-23-11-7-16(8-12-23)22-19-20-9-4-10-21-19/h4-6,9-10,13,16H,3,7-8,11-12,14H2,1-2H3,(H,20,21,22). The molecule has 1 aliphatic rings. The van der Waals surface area contributed by atoms with Crippen LogP contribution in [0.25, 0.3) is 0 Å². The van der Waals surface area contributed by atoms with E-state index >= 15 is 0 Å². The first-order chi connectivity index (χ1) is 12.3. The van der Waals surface area contributed by atoms with E-state index < -0.39 is 0 Å². The van der Waals surface area contributed by atoms with E-state index in [9.17, 15) is 0 Å². The number of piperidine rings is 1. The molecule has 0 radical (unpaired) electrons. The fourth-order valence-electron chi connectivity index (χ4n) is 3.14. The number of nitrogens with zero attached hydrogens (tertiary/aromatic N) is 3. The van der Waals surface area contributed by atoms with E-state index in [1.54, 1.807) is 19.5 Å². The maximum absolute atomic E-state index is 5.67. The minimum atomic E-state index is 0.438. The highest BCUT2D eigenvalue weighted by atomic mass is 16.5. The maximum Gasteiger partial charge on any atom is 0.222 e. The van der Waals surface area contributed by atoms with E-state index in [4.69, 9.17) is 9.47 Å². The van der Waals surface area contributed by atoms with Gasteiger partial charge in [0.05, 0.1) is 13.7 Å². The van der Waals surface area contributed by atoms with Crippen molar-refractivity contribution in [1.29, 1.82) is 0 Å². The Bertz CT molecular complexity index is 658. The molecule has 0 bridgehead atoms. The number of hydrogen-bond acceptors (Lipinski definition) is 6. The Morgan fingerprint density at radius 1 is 1.16 bits per heavy atom. The summed E-state index contributed by atoms with van der Waals surface area (Å²) in [5.41, 5.74) is 1.25. The third-order valence-corrected chi connectivity index (χ3v) is 4.42. The molecule has 0 aliphatic carbocycles. The largest absolute Gasteiger partial charge is 0.493 e. The van der Waals surface area contributed by atoms with Gasteiger partial charge in [0.2, 0.25) is 5.95 Å². The van der Waals surface area contributed by atoms with Crippen LogP contribution in [0.5, 0.6) is 11.5 Å². The van der Waals surface area contributed by atoms with Crippen molar-refractivity contribution < 1.29 is 9.47 Å². The summed E-state index contributed by atoms with van der Waals surface area (Å²) >= 11 is 0. The summed E-state index contributed by atoms with van der Waals surface area (Å²) in [6.07, 6.45) is 5.72. The van der Waals surface area contributed by atoms with Crippen molar-refractivity contribution in [3.63, 3.8) is 0 Å². The van der Waals surface area contributed by atoms with Crippen LogP contribution in [0.2, 0.25) is 0 Å². The van der Waals surface area contributed by atoms with Gasteiger partial charge < -0.3 is 14.8 Å². The first kappa shape index (κ1) is 17.5. The van der Waals surface area contributed by atoms with Gasteiger partial charge in [0, 0.05) is 38.1 Å². The zero-order valence-electron chi connectivity index (χ0n) is 14.9. The van der Waals surface area contributed by atoms with E-state index in [0.29, 0.717) is 12.6 Å². The third-order valence-electron chi connectivity index (χ3n) is 4.42. The summed E-state index contributed by atoms with van der Waals surface area (Å²) in [6, 6.07) is 8.46. The number of ether oxygens (including phenoxy) is 2. The molecule has 2 aromatic rings. The van der Waals surface area contributed by atoms with Crippen molar-refractivity contribution in [2.24, 2.45) is 0 Å². The summed E-state index contributed by atoms with van der Waals surface area (Å²) < 4.78 is 11.0. The Morgan fingerprint density at radius 3 is 2.60 bits per heavy atom. The lowest BCUT2D eigenvalue weighted by Crippen LogP contribution is -2.38. The van der Waals surface area contributed by atoms with E-state index in [0.717, 1.165) is 49.9 Å². The van der Waals surface area contributed by atoms with E-state index in [-0.39, 0.29) is 0 Å². The topological polar surface area (TPSA) is 59.5 Å². The smallest absolute Gasteiger partial charge is 0.222 e. The van der Waals surface area contributed by atoms with Gasteiger partial charge >= 0.3 is 0 Å². The number of benzene rings is 1. The summed E-state index contributed by atoms with van der Waals surface area (Å²) in [5.74, 6) is 2.33. The van der Waals surface area contributed by atoms with Gasteiger partial charge in [0.15, 0.2) is 11.5 Å². The molecule has 1 N–H and O–H groups in total. The second-order valence-electron chi connectivity index (χ2n) is 6.19. The van der Waals surface area contributed by atoms with Gasteiger partial charge in [-0.3, -0.25) is 4.90 Å². The Morgan fingerprint density at radius 2 is 1.92 bits per heavy atom. The van der Waals surface area contributed by atoms with Crippen LogP contribution in [0.1, 0.15) is 25.3 Å². The first-order valence-corrected chi connectivity index (χ1v) is 8.84. The number of rotatable bonds is 7. The van der Waals surface area contributed by atoms with Crippen LogP contribution in [0.15, 0.2) is 36.7 Å². The molecule has 25 heavy (non-hydrogen) atoms. The predicted molar refractivity (Wildman–Crippen MR) is 98.1 cm³/mol. The van der Waals surface area contributed by atoms with Crippen molar-refractivity contribution in [3.05, 3.63) is 42.2 Å². The molecule has 2 heterocycles. The van der Waals surface area contributed by atoms with Crippen LogP contribution >= 0.6 is 0 Å². The second-order valence-corrected chi connectivity index (χ2v) is 6.19. The first-order valence-electron chi connectivity index (χ1n) is 8.84. The molecule has 0 amide bonds. The highest BCUT2D eigenvalue weighted by Gasteiger charge is 2.20. The summed E-state index contributed by atoms with van der Waals surface area (Å²) in [4.78, 5) is 11.0. The Kier molecular flexibility index (Phi) is 6.06. The number of nitrogens with one attached hydrogen (secondary N) is 1. The van der Waals surface area contributed by atoms with Crippen LogP contribution in [0.3, 0.4) is 0 Å². The molecule has 6 nitrogen and oxygen atoms in total. The van der Waals surface area contributed by atoms with Crippen molar-refractivity contribution in [3.8, 4) is 11.5 Å². The van der Waals surface area contributed by atoms with Crippen LogP contribution in [-0.4, -0.2) is 47.7 Å². The van der Waals surface area contributed by atoms with Gasteiger partial charge in [0.25, 0.3) is 0 Å². The molecular weight excluding hydrogens is 316 g/mol. The lowest BCUT2D eigenvalue weighted by molar-refractivity contribution is 0.210. The minimum absolute atomic E-state index is 0.438. The zero-order chi connectivity index (χ0) is 17.5. The highest BCUT2D eigenvalue weighted by Crippen LogP contribution is 2.29. The van der Waals surface area contributed by atoms with Crippen molar-refractivity contribution >= 4 is 5.95 Å². The average Bonchev–Trinajstić information content (AvgIpc) is 2.65. The van der Waals surface area contributed by atoms with Crippen LogP contribution in [0, 0.1) is 0 Å². The molecule has 1 fully saturated rings. The summed E-state index contributed by atoms with van der Waals surface area (Å²) in [6.45, 7) is 5.67. The average molecular weight is 342 g/mol. The normalized spacial score (nSPS) is 15.8. The third kappa shape index (κ3) is 4.82. The van der Waals surface area contributed by atoms with Gasteiger partial charge in [-0.15, -0.1) is 0 Å². The lowest BCUT2D eigenvalue weighted by atomic mass is 10.0. The van der Waals surface area contributed by atoms with Crippen molar-refractivity contribution in [2.75, 3.05) is 32.1 Å². The molecule has 134 valence electrons. The molecule has 1 saturated heterocycles. The van der Waals surface area contributed by atoms with Gasteiger partial charge in [0.1, 0.15) is 0 Å². The predicted octanol–water partition coefficient (Wildman–Crippen LogP) is 2.96. The Hall–Kier alpha value is -2.34. The van der Waals surface area contributed by atoms with Gasteiger partial charge in [-0.05, 0) is 43.5 Å². The fourth-order valence-corrected chi connectivity index (χ4v) is 3.14. The van der Waals surface area contributed by atoms with Gasteiger partial charge in [-0.25, -0.2) is 9.97 Å². The second kappa shape index (κ2) is 8.67. The SMILES string of the molecule is CCOc1cc(CN2CCC(Nc3ncccn3)CC2)ccc1OC. The number of aromatic nitrogens is 2. The molecule has 1 aromatic carbocycles. The van der Waals surface area contributed by atoms with Crippen molar-refractivity contribution in [1.82, 2.24) is 14.9 Å². The minimum Gasteiger partial charge on any atom is -0.493 e. The molecule has 0 unspecified atom stereocenters. The number of methoxy groups -OCH3 is 1. The van der Waals surface area contributed by atoms with Crippen LogP contribution in [-0.2, 0) is 6.54 Å². The Labute approximate surface area is 149 Å². The number of hydrogen-bond donors (Lipinski definition) is 1. The summed E-state index contributed by atoms with van der Waals surface area (Å²) in [5, 5.41) is 3.42. The lowest BCUT2D eigenvalue weighted by Gasteiger charge is -2.32. The van der Waals surface area contributed by atoms with Crippen molar-refractivity contribution in [2.45, 2.75) is 32.4 Å². The molecule has 1 aliphatic heterocycles. The quantitative estimate of drug-likeness (QED) is 0.835. The molecule has 1 aromatic heterocycles. The fraction of sp³-hybridized carbons (Fsp3) is 0.474.